The van der Waals surface area contributed by atoms with Gasteiger partial charge >= 0.3 is 0 Å². The van der Waals surface area contributed by atoms with Crippen molar-refractivity contribution in [2.75, 3.05) is 5.75 Å². The number of halogens is 1. The van der Waals surface area contributed by atoms with Gasteiger partial charge in [0.05, 0.1) is 5.75 Å². The second-order valence-corrected chi connectivity index (χ2v) is 6.81. The number of hydrogen-bond acceptors (Lipinski definition) is 4. The van der Waals surface area contributed by atoms with Crippen LogP contribution in [0.2, 0.25) is 5.02 Å². The lowest BCUT2D eigenvalue weighted by Gasteiger charge is -2.07. The molecule has 25 heavy (non-hydrogen) atoms. The molecule has 1 N–H and O–H groups in total. The van der Waals surface area contributed by atoms with Crippen molar-refractivity contribution in [3.63, 3.8) is 0 Å². The van der Waals surface area contributed by atoms with E-state index >= 15 is 0 Å². The zero-order valence-corrected chi connectivity index (χ0v) is 15.0. The van der Waals surface area contributed by atoms with E-state index in [1.54, 1.807) is 30.5 Å². The van der Waals surface area contributed by atoms with E-state index < -0.39 is 0 Å². The molecule has 3 rings (SSSR count). The van der Waals surface area contributed by atoms with E-state index in [9.17, 15) is 4.79 Å². The molecule has 128 valence electrons. The number of pyridine rings is 1. The first kappa shape index (κ1) is 17.5. The molecule has 0 bridgehead atoms. The van der Waals surface area contributed by atoms with E-state index in [2.05, 4.69) is 15.3 Å². The first-order valence-corrected chi connectivity index (χ1v) is 9.26. The highest BCUT2D eigenvalue weighted by atomic mass is 35.5. The number of carbonyl (C=O) groups excluding carboxylic acids is 1. The molecule has 5 nitrogen and oxygen atoms in total. The third-order valence-corrected chi connectivity index (χ3v) is 4.74. The van der Waals surface area contributed by atoms with Gasteiger partial charge in [-0.05, 0) is 35.4 Å². The van der Waals surface area contributed by atoms with Crippen LogP contribution in [0.15, 0.2) is 61.3 Å². The summed E-state index contributed by atoms with van der Waals surface area (Å²) in [5.74, 6) is 1.99. The molecule has 2 aromatic heterocycles. The second-order valence-electron chi connectivity index (χ2n) is 5.39. The highest BCUT2D eigenvalue weighted by Crippen LogP contribution is 2.15. The van der Waals surface area contributed by atoms with Crippen molar-refractivity contribution in [1.29, 1.82) is 0 Å². The maximum Gasteiger partial charge on any atom is 0.230 e. The number of thioether (sulfide) groups is 1. The Morgan fingerprint density at radius 3 is 2.76 bits per heavy atom. The molecule has 0 fully saturated rings. The van der Waals surface area contributed by atoms with Crippen LogP contribution in [0.1, 0.15) is 11.1 Å². The van der Waals surface area contributed by atoms with Gasteiger partial charge < -0.3 is 5.32 Å². The topological polar surface area (TPSA) is 59.8 Å². The molecule has 7 heteroatoms. The Kier molecular flexibility index (Phi) is 6.09. The predicted octanol–water partition coefficient (Wildman–Crippen LogP) is 3.47. The number of hydrogen-bond donors (Lipinski definition) is 1. The molecule has 2 heterocycles. The summed E-state index contributed by atoms with van der Waals surface area (Å²) in [7, 11) is 0. The van der Waals surface area contributed by atoms with Gasteiger partial charge in [0.2, 0.25) is 5.91 Å². The number of imidazole rings is 1. The average Bonchev–Trinajstić information content (AvgIpc) is 3.17. The van der Waals surface area contributed by atoms with Crippen LogP contribution in [-0.2, 0) is 17.1 Å². The van der Waals surface area contributed by atoms with Crippen molar-refractivity contribution in [2.24, 2.45) is 0 Å². The van der Waals surface area contributed by atoms with Gasteiger partial charge in [0.15, 0.2) is 0 Å². The van der Waals surface area contributed by atoms with Crippen LogP contribution in [0.3, 0.4) is 0 Å². The molecule has 0 atom stereocenters. The summed E-state index contributed by atoms with van der Waals surface area (Å²) < 4.78 is 1.83. The second kappa shape index (κ2) is 8.69. The zero-order valence-electron chi connectivity index (χ0n) is 13.4. The lowest BCUT2D eigenvalue weighted by Crippen LogP contribution is -2.24. The van der Waals surface area contributed by atoms with Gasteiger partial charge in [-0.1, -0.05) is 23.7 Å². The molecule has 1 amide bonds. The molecule has 1 aromatic carbocycles. The van der Waals surface area contributed by atoms with Crippen molar-refractivity contribution in [3.05, 3.63) is 77.5 Å². The highest BCUT2D eigenvalue weighted by molar-refractivity contribution is 7.99. The third-order valence-electron chi connectivity index (χ3n) is 3.48. The van der Waals surface area contributed by atoms with Crippen LogP contribution in [0.4, 0.5) is 0 Å². The Morgan fingerprint density at radius 1 is 1.16 bits per heavy atom. The maximum atomic E-state index is 12.0. The molecule has 0 saturated heterocycles. The van der Waals surface area contributed by atoms with E-state index in [0.717, 1.165) is 27.7 Å². The Balaban J connectivity index is 1.44. The van der Waals surface area contributed by atoms with Gasteiger partial charge in [0, 0.05) is 35.9 Å². The molecule has 0 aliphatic rings. The number of rotatable bonds is 7. The average molecular weight is 373 g/mol. The van der Waals surface area contributed by atoms with Crippen LogP contribution in [-0.4, -0.2) is 26.2 Å². The summed E-state index contributed by atoms with van der Waals surface area (Å²) in [5.41, 5.74) is 2.15. The molecule has 0 aliphatic carbocycles. The zero-order chi connectivity index (χ0) is 17.5. The van der Waals surface area contributed by atoms with Crippen molar-refractivity contribution in [2.45, 2.75) is 12.3 Å². The maximum absolute atomic E-state index is 12.0. The van der Waals surface area contributed by atoms with Crippen molar-refractivity contribution in [1.82, 2.24) is 19.9 Å². The number of carbonyl (C=O) groups is 1. The van der Waals surface area contributed by atoms with E-state index in [1.165, 1.54) is 0 Å². The first-order valence-electron chi connectivity index (χ1n) is 7.73. The normalized spacial score (nSPS) is 10.6. The molecule has 3 aromatic rings. The minimum Gasteiger partial charge on any atom is -0.351 e. The molecule has 0 saturated carbocycles. The van der Waals surface area contributed by atoms with Crippen LogP contribution in [0, 0.1) is 0 Å². The lowest BCUT2D eigenvalue weighted by molar-refractivity contribution is -0.118. The SMILES string of the molecule is O=C(CSCc1ccc(Cl)cc1)NCc1ccnc(-n2ccnc2)c1. The van der Waals surface area contributed by atoms with E-state index in [1.807, 2.05) is 47.2 Å². The van der Waals surface area contributed by atoms with Gasteiger partial charge in [-0.2, -0.15) is 0 Å². The van der Waals surface area contributed by atoms with Gasteiger partial charge in [-0.25, -0.2) is 9.97 Å². The van der Waals surface area contributed by atoms with Crippen LogP contribution in [0.25, 0.3) is 5.82 Å². The van der Waals surface area contributed by atoms with E-state index in [-0.39, 0.29) is 5.91 Å². The van der Waals surface area contributed by atoms with Gasteiger partial charge in [0.1, 0.15) is 12.1 Å². The largest absolute Gasteiger partial charge is 0.351 e. The van der Waals surface area contributed by atoms with Crippen molar-refractivity contribution in [3.8, 4) is 5.82 Å². The summed E-state index contributed by atoms with van der Waals surface area (Å²) in [5, 5.41) is 3.65. The van der Waals surface area contributed by atoms with Crippen molar-refractivity contribution >= 4 is 29.3 Å². The molecular weight excluding hydrogens is 356 g/mol. The number of benzene rings is 1. The smallest absolute Gasteiger partial charge is 0.230 e. The fourth-order valence-electron chi connectivity index (χ4n) is 2.20. The minimum atomic E-state index is 0.0138. The number of aromatic nitrogens is 3. The third kappa shape index (κ3) is 5.34. The van der Waals surface area contributed by atoms with Gasteiger partial charge in [-0.15, -0.1) is 11.8 Å². The van der Waals surface area contributed by atoms with Gasteiger partial charge in [0.25, 0.3) is 0 Å². The summed E-state index contributed by atoms with van der Waals surface area (Å²) in [4.78, 5) is 20.3. The fourth-order valence-corrected chi connectivity index (χ4v) is 3.14. The summed E-state index contributed by atoms with van der Waals surface area (Å²) in [6, 6.07) is 11.5. The quantitative estimate of drug-likeness (QED) is 0.689. The highest BCUT2D eigenvalue weighted by Gasteiger charge is 2.04. The molecule has 0 aliphatic heterocycles. The lowest BCUT2D eigenvalue weighted by atomic mass is 10.2. The summed E-state index contributed by atoms with van der Waals surface area (Å²) in [6.45, 7) is 0.477. The molecule has 0 radical (unpaired) electrons. The standard InChI is InChI=1S/C18H17ClN4OS/c19-16-3-1-14(2-4-16)11-25-12-18(24)22-10-15-5-6-21-17(9-15)23-8-7-20-13-23/h1-9,13H,10-12H2,(H,22,24). The summed E-state index contributed by atoms with van der Waals surface area (Å²) in [6.07, 6.45) is 6.95. The Bertz CT molecular complexity index is 821. The Morgan fingerprint density at radius 2 is 2.00 bits per heavy atom. The molecular formula is C18H17ClN4OS. The molecule has 0 spiro atoms. The predicted molar refractivity (Wildman–Crippen MR) is 101 cm³/mol. The Labute approximate surface area is 155 Å². The van der Waals surface area contributed by atoms with Crippen LogP contribution < -0.4 is 5.32 Å². The van der Waals surface area contributed by atoms with Gasteiger partial charge in [-0.3, -0.25) is 9.36 Å². The fraction of sp³-hybridized carbons (Fsp3) is 0.167. The molecule has 0 unspecified atom stereocenters. The van der Waals surface area contributed by atoms with E-state index in [4.69, 9.17) is 11.6 Å². The minimum absolute atomic E-state index is 0.0138. The monoisotopic (exact) mass is 372 g/mol. The van der Waals surface area contributed by atoms with Crippen molar-refractivity contribution < 1.29 is 4.79 Å². The number of amides is 1. The van der Waals surface area contributed by atoms with Crippen LogP contribution >= 0.6 is 23.4 Å². The number of nitrogens with zero attached hydrogens (tertiary/aromatic N) is 3. The summed E-state index contributed by atoms with van der Waals surface area (Å²) >= 11 is 7.44. The number of nitrogens with one attached hydrogen (secondary N) is 1. The Hall–Kier alpha value is -2.31. The first-order chi connectivity index (χ1) is 12.2. The van der Waals surface area contributed by atoms with E-state index in [0.29, 0.717) is 12.3 Å². The van der Waals surface area contributed by atoms with Crippen LogP contribution in [0.5, 0.6) is 0 Å².